The predicted molar refractivity (Wildman–Crippen MR) is 91.4 cm³/mol. The molecular formula is C18H34N2O3. The van der Waals surface area contributed by atoms with E-state index in [1.807, 2.05) is 25.7 Å². The highest BCUT2D eigenvalue weighted by Gasteiger charge is 2.28. The summed E-state index contributed by atoms with van der Waals surface area (Å²) in [6.07, 6.45) is 5.39. The lowest BCUT2D eigenvalue weighted by molar-refractivity contribution is 0.0163. The lowest BCUT2D eigenvalue weighted by Gasteiger charge is -2.38. The largest absolute Gasteiger partial charge is 0.444 e. The number of hydrogen-bond acceptors (Lipinski definition) is 4. The van der Waals surface area contributed by atoms with Crippen LogP contribution in [-0.2, 0) is 4.74 Å². The Morgan fingerprint density at radius 3 is 2.13 bits per heavy atom. The molecule has 5 heteroatoms. The van der Waals surface area contributed by atoms with Crippen molar-refractivity contribution in [1.29, 1.82) is 0 Å². The van der Waals surface area contributed by atoms with Gasteiger partial charge in [0.15, 0.2) is 0 Å². The molecule has 2 heterocycles. The number of amides is 1. The highest BCUT2D eigenvalue weighted by molar-refractivity contribution is 5.68. The molecule has 0 unspecified atom stereocenters. The first-order chi connectivity index (χ1) is 10.9. The van der Waals surface area contributed by atoms with Gasteiger partial charge < -0.3 is 19.6 Å². The first-order valence-electron chi connectivity index (χ1n) is 9.18. The van der Waals surface area contributed by atoms with Gasteiger partial charge in [0.1, 0.15) is 5.60 Å². The van der Waals surface area contributed by atoms with Crippen LogP contribution in [0.1, 0.15) is 52.9 Å². The smallest absolute Gasteiger partial charge is 0.410 e. The second-order valence-corrected chi connectivity index (χ2v) is 8.17. The van der Waals surface area contributed by atoms with E-state index in [0.717, 1.165) is 52.0 Å². The van der Waals surface area contributed by atoms with Crippen LogP contribution in [0.5, 0.6) is 0 Å². The number of aliphatic hydroxyl groups excluding tert-OH is 1. The Labute approximate surface area is 141 Å². The standard InChI is InChI=1S/C18H34N2O3/c1-18(2,3)23-17(22)20-11-6-16(7-12-20)14-19-9-4-15(5-10-19)8-13-21/h15-16,21H,4-14H2,1-3H3. The van der Waals surface area contributed by atoms with Crippen molar-refractivity contribution in [2.24, 2.45) is 11.8 Å². The zero-order valence-electron chi connectivity index (χ0n) is 15.1. The Morgan fingerprint density at radius 2 is 1.61 bits per heavy atom. The van der Waals surface area contributed by atoms with Gasteiger partial charge in [-0.15, -0.1) is 0 Å². The molecule has 0 radical (unpaired) electrons. The highest BCUT2D eigenvalue weighted by Crippen LogP contribution is 2.24. The minimum absolute atomic E-state index is 0.166. The summed E-state index contributed by atoms with van der Waals surface area (Å²) in [6.45, 7) is 11.2. The topological polar surface area (TPSA) is 53.0 Å². The first kappa shape index (κ1) is 18.5. The molecule has 0 spiro atoms. The van der Waals surface area contributed by atoms with Crippen molar-refractivity contribution in [3.63, 3.8) is 0 Å². The van der Waals surface area contributed by atoms with Gasteiger partial charge in [-0.05, 0) is 77.8 Å². The fourth-order valence-electron chi connectivity index (χ4n) is 3.63. The molecule has 1 N–H and O–H groups in total. The summed E-state index contributed by atoms with van der Waals surface area (Å²) < 4.78 is 5.45. The third kappa shape index (κ3) is 6.30. The molecule has 23 heavy (non-hydrogen) atoms. The van der Waals surface area contributed by atoms with Gasteiger partial charge in [0.25, 0.3) is 0 Å². The molecule has 134 valence electrons. The van der Waals surface area contributed by atoms with Crippen molar-refractivity contribution >= 4 is 6.09 Å². The zero-order valence-corrected chi connectivity index (χ0v) is 15.1. The van der Waals surface area contributed by atoms with Gasteiger partial charge in [-0.25, -0.2) is 4.79 Å². The molecule has 0 atom stereocenters. The maximum atomic E-state index is 12.1. The molecule has 0 saturated carbocycles. The lowest BCUT2D eigenvalue weighted by Crippen LogP contribution is -2.44. The number of aliphatic hydroxyl groups is 1. The van der Waals surface area contributed by atoms with Crippen LogP contribution in [0.4, 0.5) is 4.79 Å². The van der Waals surface area contributed by atoms with Crippen molar-refractivity contribution < 1.29 is 14.6 Å². The Morgan fingerprint density at radius 1 is 1.04 bits per heavy atom. The minimum Gasteiger partial charge on any atom is -0.444 e. The van der Waals surface area contributed by atoms with Gasteiger partial charge in [0.2, 0.25) is 0 Å². The number of piperidine rings is 2. The number of carbonyl (C=O) groups is 1. The van der Waals surface area contributed by atoms with Crippen LogP contribution in [0.25, 0.3) is 0 Å². The van der Waals surface area contributed by atoms with Crippen molar-refractivity contribution in [1.82, 2.24) is 9.80 Å². The number of likely N-dealkylation sites (tertiary alicyclic amines) is 2. The summed E-state index contributed by atoms with van der Waals surface area (Å²) >= 11 is 0. The van der Waals surface area contributed by atoms with Crippen LogP contribution in [0, 0.1) is 11.8 Å². The van der Waals surface area contributed by atoms with Gasteiger partial charge in [0, 0.05) is 26.2 Å². The van der Waals surface area contributed by atoms with E-state index in [1.54, 1.807) is 0 Å². The van der Waals surface area contributed by atoms with E-state index < -0.39 is 5.60 Å². The maximum absolute atomic E-state index is 12.1. The number of hydrogen-bond donors (Lipinski definition) is 1. The fourth-order valence-corrected chi connectivity index (χ4v) is 3.63. The number of ether oxygens (including phenoxy) is 1. The third-order valence-corrected chi connectivity index (χ3v) is 5.03. The molecule has 0 bridgehead atoms. The summed E-state index contributed by atoms with van der Waals surface area (Å²) in [5.74, 6) is 1.41. The van der Waals surface area contributed by atoms with E-state index in [1.165, 1.54) is 12.8 Å². The maximum Gasteiger partial charge on any atom is 0.410 e. The van der Waals surface area contributed by atoms with Crippen molar-refractivity contribution in [3.05, 3.63) is 0 Å². The summed E-state index contributed by atoms with van der Waals surface area (Å²) in [7, 11) is 0. The van der Waals surface area contributed by atoms with Crippen molar-refractivity contribution in [2.75, 3.05) is 39.3 Å². The van der Waals surface area contributed by atoms with Crippen LogP contribution in [0.15, 0.2) is 0 Å². The molecule has 5 nitrogen and oxygen atoms in total. The van der Waals surface area contributed by atoms with E-state index in [-0.39, 0.29) is 6.09 Å². The third-order valence-electron chi connectivity index (χ3n) is 5.03. The highest BCUT2D eigenvalue weighted by atomic mass is 16.6. The Balaban J connectivity index is 1.66. The van der Waals surface area contributed by atoms with E-state index >= 15 is 0 Å². The molecule has 2 aliphatic rings. The van der Waals surface area contributed by atoms with Crippen molar-refractivity contribution in [3.8, 4) is 0 Å². The summed E-state index contributed by atoms with van der Waals surface area (Å²) in [4.78, 5) is 16.5. The number of rotatable bonds is 4. The lowest BCUT2D eigenvalue weighted by atomic mass is 9.91. The van der Waals surface area contributed by atoms with E-state index in [0.29, 0.717) is 18.4 Å². The van der Waals surface area contributed by atoms with Gasteiger partial charge in [0.05, 0.1) is 0 Å². The number of carbonyl (C=O) groups excluding carboxylic acids is 1. The van der Waals surface area contributed by atoms with E-state index in [4.69, 9.17) is 9.84 Å². The Hall–Kier alpha value is -0.810. The van der Waals surface area contributed by atoms with Crippen LogP contribution in [-0.4, -0.2) is 65.9 Å². The van der Waals surface area contributed by atoms with E-state index in [2.05, 4.69) is 4.90 Å². The number of nitrogens with zero attached hydrogens (tertiary/aromatic N) is 2. The molecule has 2 aliphatic heterocycles. The monoisotopic (exact) mass is 326 g/mol. The van der Waals surface area contributed by atoms with Gasteiger partial charge in [-0.2, -0.15) is 0 Å². The van der Waals surface area contributed by atoms with E-state index in [9.17, 15) is 4.79 Å². The SMILES string of the molecule is CC(C)(C)OC(=O)N1CCC(CN2CCC(CCO)CC2)CC1. The van der Waals surface area contributed by atoms with Crippen LogP contribution < -0.4 is 0 Å². The molecule has 2 saturated heterocycles. The van der Waals surface area contributed by atoms with Crippen LogP contribution in [0.3, 0.4) is 0 Å². The first-order valence-corrected chi connectivity index (χ1v) is 9.18. The minimum atomic E-state index is -0.410. The Kier molecular flexibility index (Phi) is 6.72. The fraction of sp³-hybridized carbons (Fsp3) is 0.944. The molecule has 0 aromatic rings. The average Bonchev–Trinajstić information content (AvgIpc) is 2.48. The normalized spacial score (nSPS) is 22.3. The quantitative estimate of drug-likeness (QED) is 0.863. The molecule has 2 rings (SSSR count). The van der Waals surface area contributed by atoms with Crippen LogP contribution in [0.2, 0.25) is 0 Å². The molecule has 0 aromatic heterocycles. The molecular weight excluding hydrogens is 292 g/mol. The summed E-state index contributed by atoms with van der Waals surface area (Å²) in [5, 5.41) is 9.03. The summed E-state index contributed by atoms with van der Waals surface area (Å²) in [6, 6.07) is 0. The van der Waals surface area contributed by atoms with Gasteiger partial charge in [-0.1, -0.05) is 0 Å². The average molecular weight is 326 g/mol. The molecule has 0 aliphatic carbocycles. The second kappa shape index (κ2) is 8.34. The predicted octanol–water partition coefficient (Wildman–Crippen LogP) is 2.73. The van der Waals surface area contributed by atoms with Gasteiger partial charge in [-0.3, -0.25) is 0 Å². The molecule has 2 fully saturated rings. The molecule has 0 aromatic carbocycles. The second-order valence-electron chi connectivity index (χ2n) is 8.17. The summed E-state index contributed by atoms with van der Waals surface area (Å²) in [5.41, 5.74) is -0.410. The Bertz CT molecular complexity index is 365. The molecule has 1 amide bonds. The van der Waals surface area contributed by atoms with Crippen molar-refractivity contribution in [2.45, 2.75) is 58.5 Å². The van der Waals surface area contributed by atoms with Crippen LogP contribution >= 0.6 is 0 Å². The van der Waals surface area contributed by atoms with Gasteiger partial charge >= 0.3 is 6.09 Å². The zero-order chi connectivity index (χ0) is 16.9.